The van der Waals surface area contributed by atoms with Crippen molar-refractivity contribution < 1.29 is 36.6 Å². The minimum atomic E-state index is -5.00. The number of carbonyl (C=O) groups is 2. The number of likely N-dealkylation sites (N-methyl/N-ethyl adjacent to an activating group) is 1. The lowest BCUT2D eigenvalue weighted by Crippen LogP contribution is -2.44. The van der Waals surface area contributed by atoms with Crippen molar-refractivity contribution in [2.24, 2.45) is 0 Å². The Morgan fingerprint density at radius 1 is 1.09 bits per heavy atom. The van der Waals surface area contributed by atoms with Crippen molar-refractivity contribution in [3.8, 4) is 22.1 Å². The summed E-state index contributed by atoms with van der Waals surface area (Å²) in [6.07, 6.45) is -1.72. The smallest absolute Gasteiger partial charge is 0.422 e. The van der Waals surface area contributed by atoms with Crippen molar-refractivity contribution >= 4 is 34.7 Å². The summed E-state index contributed by atoms with van der Waals surface area (Å²) in [4.78, 5) is 33.4. The minimum absolute atomic E-state index is 0.0179. The fourth-order valence-electron chi connectivity index (χ4n) is 5.14. The van der Waals surface area contributed by atoms with Crippen LogP contribution in [0.3, 0.4) is 0 Å². The Bertz CT molecular complexity index is 1750. The Balaban J connectivity index is 1.56. The van der Waals surface area contributed by atoms with Crippen LogP contribution < -0.4 is 15.0 Å². The molecular weight excluding hydrogens is 640 g/mol. The van der Waals surface area contributed by atoms with Gasteiger partial charge in [-0.15, -0.1) is 11.3 Å². The molecule has 1 fully saturated rings. The van der Waals surface area contributed by atoms with Crippen LogP contribution in [0.25, 0.3) is 10.6 Å². The summed E-state index contributed by atoms with van der Waals surface area (Å²) in [5.74, 6) is -2.64. The van der Waals surface area contributed by atoms with Crippen LogP contribution in [0.4, 0.5) is 33.7 Å². The van der Waals surface area contributed by atoms with E-state index in [1.165, 1.54) is 58.9 Å². The Labute approximate surface area is 272 Å². The number of para-hydroxylation sites is 1. The Morgan fingerprint density at radius 2 is 1.85 bits per heavy atom. The molecule has 1 saturated heterocycles. The fraction of sp³-hybridized carbons (Fsp3) is 0.344. The zero-order valence-corrected chi connectivity index (χ0v) is 26.8. The van der Waals surface area contributed by atoms with E-state index in [1.807, 2.05) is 0 Å². The largest absolute Gasteiger partial charge is 0.454 e. The number of hydrogen-bond donors (Lipinski definition) is 1. The quantitative estimate of drug-likeness (QED) is 0.190. The second kappa shape index (κ2) is 13.5. The normalized spacial score (nSPS) is 15.0. The van der Waals surface area contributed by atoms with Crippen LogP contribution >= 0.6 is 11.3 Å². The summed E-state index contributed by atoms with van der Waals surface area (Å²) < 4.78 is 70.8. The van der Waals surface area contributed by atoms with Gasteiger partial charge in [-0.25, -0.2) is 14.2 Å². The first-order chi connectivity index (χ1) is 22.2. The monoisotopic (exact) mass is 672 g/mol. The Kier molecular flexibility index (Phi) is 9.65. The van der Waals surface area contributed by atoms with Gasteiger partial charge >= 0.3 is 12.3 Å². The summed E-state index contributed by atoms with van der Waals surface area (Å²) in [6, 6.07) is 8.53. The predicted molar refractivity (Wildman–Crippen MR) is 168 cm³/mol. The number of aromatic nitrogens is 3. The molecule has 1 atom stereocenters. The molecule has 47 heavy (non-hydrogen) atoms. The van der Waals surface area contributed by atoms with Crippen LogP contribution in [0.15, 0.2) is 60.2 Å². The summed E-state index contributed by atoms with van der Waals surface area (Å²) in [5, 5.41) is 12.1. The number of ether oxygens (including phenoxy) is 2. The van der Waals surface area contributed by atoms with Crippen LogP contribution in [0.5, 0.6) is 11.5 Å². The van der Waals surface area contributed by atoms with Gasteiger partial charge in [0.15, 0.2) is 11.6 Å². The average Bonchev–Trinajstić information content (AvgIpc) is 3.68. The number of nitrogens with zero attached hydrogens (tertiary/aromatic N) is 5. The minimum Gasteiger partial charge on any atom is -0.454 e. The molecule has 0 bridgehead atoms. The van der Waals surface area contributed by atoms with Gasteiger partial charge in [-0.3, -0.25) is 4.79 Å². The third-order valence-electron chi connectivity index (χ3n) is 7.15. The molecule has 0 unspecified atom stereocenters. The van der Waals surface area contributed by atoms with Gasteiger partial charge in [0.25, 0.3) is 5.91 Å². The number of benzene rings is 2. The molecule has 4 aromatic rings. The first-order valence-electron chi connectivity index (χ1n) is 14.6. The summed E-state index contributed by atoms with van der Waals surface area (Å²) in [6.45, 7) is 5.35. The second-order valence-corrected chi connectivity index (χ2v) is 12.7. The number of thiazole rings is 1. The lowest BCUT2D eigenvalue weighted by molar-refractivity contribution is -0.138. The number of anilines is 2. The number of halogens is 4. The number of nitrogens with one attached hydrogen (secondary N) is 1. The molecule has 2 aromatic heterocycles. The molecule has 0 aliphatic carbocycles. The molecule has 1 aliphatic heterocycles. The van der Waals surface area contributed by atoms with E-state index >= 15 is 13.2 Å². The van der Waals surface area contributed by atoms with Gasteiger partial charge in [0.05, 0.1) is 23.8 Å². The fourth-order valence-corrected chi connectivity index (χ4v) is 5.93. The Hall–Kier alpha value is -4.79. The predicted octanol–water partition coefficient (Wildman–Crippen LogP) is 7.64. The molecule has 15 heteroatoms. The van der Waals surface area contributed by atoms with E-state index in [4.69, 9.17) is 9.47 Å². The molecule has 248 valence electrons. The third kappa shape index (κ3) is 7.96. The summed E-state index contributed by atoms with van der Waals surface area (Å²) in [5.41, 5.74) is -1.90. The van der Waals surface area contributed by atoms with E-state index in [-0.39, 0.29) is 30.2 Å². The van der Waals surface area contributed by atoms with Gasteiger partial charge in [-0.2, -0.15) is 23.4 Å². The molecule has 2 aromatic carbocycles. The van der Waals surface area contributed by atoms with Gasteiger partial charge in [0.1, 0.15) is 27.6 Å². The number of carbonyl (C=O) groups excluding carboxylic acids is 2. The first-order valence-corrected chi connectivity index (χ1v) is 15.5. The standard InChI is InChI=1S/C32H32F4N6O4S/c1-31(2,3)46-30(44)41(4)17-20-8-7-15-42(20)27-22(39-28(43)23-18-47-29(40-23)19-13-14-37-38-16-19)11-12-25(26(27)32(34,35)36)45-24-10-6-5-9-21(24)33/h5-6,9-14,16,18,20H,7-8,15,17H2,1-4H3,(H,39,43)/t20-/m1/s1. The molecule has 5 rings (SSSR count). The second-order valence-electron chi connectivity index (χ2n) is 11.8. The van der Waals surface area contributed by atoms with E-state index in [0.717, 1.165) is 23.5 Å². The highest BCUT2D eigenvalue weighted by atomic mass is 32.1. The molecule has 0 saturated carbocycles. The van der Waals surface area contributed by atoms with Crippen molar-refractivity contribution in [1.29, 1.82) is 0 Å². The van der Waals surface area contributed by atoms with E-state index < -0.39 is 52.7 Å². The molecule has 1 N–H and O–H groups in total. The van der Waals surface area contributed by atoms with Crippen LogP contribution in [0.2, 0.25) is 0 Å². The molecule has 3 heterocycles. The topological polar surface area (TPSA) is 110 Å². The van der Waals surface area contributed by atoms with E-state index in [9.17, 15) is 14.0 Å². The van der Waals surface area contributed by atoms with E-state index in [1.54, 1.807) is 26.8 Å². The molecule has 2 amide bonds. The van der Waals surface area contributed by atoms with Crippen molar-refractivity contribution in [3.63, 3.8) is 0 Å². The highest BCUT2D eigenvalue weighted by Gasteiger charge is 2.43. The van der Waals surface area contributed by atoms with Gasteiger partial charge < -0.3 is 24.6 Å². The highest BCUT2D eigenvalue weighted by molar-refractivity contribution is 7.13. The molecular formula is C32H32F4N6O4S. The van der Waals surface area contributed by atoms with Crippen molar-refractivity contribution in [1.82, 2.24) is 20.1 Å². The highest BCUT2D eigenvalue weighted by Crippen LogP contribution is 2.49. The van der Waals surface area contributed by atoms with Gasteiger partial charge in [0, 0.05) is 37.1 Å². The SMILES string of the molecule is CN(C[C@H]1CCCN1c1c(NC(=O)c2csc(-c3ccnnc3)n2)ccc(Oc2ccccc2F)c1C(F)(F)F)C(=O)OC(C)(C)C. The van der Waals surface area contributed by atoms with Crippen LogP contribution in [0, 0.1) is 5.82 Å². The zero-order chi connectivity index (χ0) is 33.9. The zero-order valence-electron chi connectivity index (χ0n) is 26.0. The van der Waals surface area contributed by atoms with Crippen LogP contribution in [-0.2, 0) is 10.9 Å². The number of alkyl halides is 3. The maximum absolute atomic E-state index is 15.1. The van der Waals surface area contributed by atoms with Crippen molar-refractivity contribution in [2.75, 3.05) is 30.4 Å². The third-order valence-corrected chi connectivity index (χ3v) is 8.04. The number of hydrogen-bond acceptors (Lipinski definition) is 9. The summed E-state index contributed by atoms with van der Waals surface area (Å²) in [7, 11) is 1.51. The van der Waals surface area contributed by atoms with Gasteiger partial charge in [-0.05, 0) is 63.9 Å². The van der Waals surface area contributed by atoms with Crippen molar-refractivity contribution in [3.05, 3.63) is 77.3 Å². The molecule has 0 spiro atoms. The van der Waals surface area contributed by atoms with Crippen LogP contribution in [0.1, 0.15) is 49.7 Å². The maximum atomic E-state index is 15.1. The lowest BCUT2D eigenvalue weighted by atomic mass is 10.1. The van der Waals surface area contributed by atoms with E-state index in [2.05, 4.69) is 20.5 Å². The van der Waals surface area contributed by atoms with Gasteiger partial charge in [-0.1, -0.05) is 12.1 Å². The lowest BCUT2D eigenvalue weighted by Gasteiger charge is -2.34. The van der Waals surface area contributed by atoms with Crippen molar-refractivity contribution in [2.45, 2.75) is 51.4 Å². The Morgan fingerprint density at radius 3 is 2.53 bits per heavy atom. The van der Waals surface area contributed by atoms with E-state index in [0.29, 0.717) is 23.4 Å². The molecule has 0 radical (unpaired) electrons. The maximum Gasteiger partial charge on any atom is 0.422 e. The van der Waals surface area contributed by atoms with Gasteiger partial charge in [0.2, 0.25) is 0 Å². The average molecular weight is 673 g/mol. The number of rotatable bonds is 8. The molecule has 10 nitrogen and oxygen atoms in total. The number of amides is 2. The summed E-state index contributed by atoms with van der Waals surface area (Å²) >= 11 is 1.16. The van der Waals surface area contributed by atoms with Crippen LogP contribution in [-0.4, -0.2) is 63.9 Å². The first kappa shape index (κ1) is 33.6. The molecule has 1 aliphatic rings.